The Labute approximate surface area is 202 Å². The van der Waals surface area contributed by atoms with Gasteiger partial charge in [0.25, 0.3) is 23.6 Å². The largest absolute Gasteiger partial charge is 0.452 e. The van der Waals surface area contributed by atoms with Crippen molar-refractivity contribution in [2.24, 2.45) is 0 Å². The lowest BCUT2D eigenvalue weighted by Gasteiger charge is -2.13. The second-order valence-electron chi connectivity index (χ2n) is 7.24. The molecule has 0 saturated heterocycles. The maximum absolute atomic E-state index is 13.2. The van der Waals surface area contributed by atoms with Crippen LogP contribution < -0.4 is 15.8 Å². The third-order valence-corrected chi connectivity index (χ3v) is 5.30. The molecule has 0 unspecified atom stereocenters. The number of nitrogens with one attached hydrogen (secondary N) is 2. The van der Waals surface area contributed by atoms with Gasteiger partial charge in [-0.15, -0.1) is 0 Å². The number of rotatable bonds is 5. The number of carbonyl (C=O) groups is 5. The number of hydrogen-bond acceptors (Lipinski definition) is 6. The summed E-state index contributed by atoms with van der Waals surface area (Å²) in [4.78, 5) is 62.6. The number of imide groups is 1. The van der Waals surface area contributed by atoms with Crippen molar-refractivity contribution in [3.8, 4) is 0 Å². The first-order valence-electron chi connectivity index (χ1n) is 10.1. The predicted molar refractivity (Wildman–Crippen MR) is 121 cm³/mol. The summed E-state index contributed by atoms with van der Waals surface area (Å²) >= 11 is 5.91. The Hall–Kier alpha value is -4.57. The molecule has 35 heavy (non-hydrogen) atoms. The van der Waals surface area contributed by atoms with Crippen LogP contribution in [0.1, 0.15) is 41.4 Å². The maximum Gasteiger partial charge on any atom is 0.338 e. The van der Waals surface area contributed by atoms with E-state index in [0.29, 0.717) is 0 Å². The zero-order valence-electron chi connectivity index (χ0n) is 17.7. The van der Waals surface area contributed by atoms with Crippen LogP contribution in [-0.2, 0) is 9.53 Å². The predicted octanol–water partition coefficient (Wildman–Crippen LogP) is 2.90. The molecule has 11 heteroatoms. The number of hydrogen-bond donors (Lipinski definition) is 2. The summed E-state index contributed by atoms with van der Waals surface area (Å²) in [7, 11) is 0. The van der Waals surface area contributed by atoms with Gasteiger partial charge in [-0.25, -0.2) is 14.1 Å². The molecule has 0 spiro atoms. The average Bonchev–Trinajstić information content (AvgIpc) is 3.11. The van der Waals surface area contributed by atoms with Crippen LogP contribution in [0, 0.1) is 5.82 Å². The van der Waals surface area contributed by atoms with E-state index in [0.717, 1.165) is 17.0 Å². The van der Waals surface area contributed by atoms with Gasteiger partial charge in [-0.3, -0.25) is 30.0 Å². The Kier molecular flexibility index (Phi) is 6.56. The van der Waals surface area contributed by atoms with Crippen LogP contribution in [0.15, 0.2) is 66.7 Å². The van der Waals surface area contributed by atoms with E-state index >= 15 is 0 Å². The van der Waals surface area contributed by atoms with Crippen LogP contribution in [0.2, 0.25) is 5.02 Å². The van der Waals surface area contributed by atoms with Crippen LogP contribution in [0.5, 0.6) is 0 Å². The van der Waals surface area contributed by atoms with Gasteiger partial charge in [0, 0.05) is 0 Å². The van der Waals surface area contributed by atoms with Crippen molar-refractivity contribution in [3.05, 3.63) is 99.8 Å². The van der Waals surface area contributed by atoms with Crippen LogP contribution in [0.4, 0.5) is 10.1 Å². The molecular formula is C24H15ClFN3O6. The molecule has 9 nitrogen and oxygen atoms in total. The normalized spacial score (nSPS) is 12.2. The van der Waals surface area contributed by atoms with Crippen molar-refractivity contribution < 1.29 is 33.1 Å². The van der Waals surface area contributed by atoms with Crippen molar-refractivity contribution in [2.75, 3.05) is 11.5 Å². The molecule has 3 aromatic carbocycles. The van der Waals surface area contributed by atoms with Crippen LogP contribution >= 0.6 is 11.6 Å². The second kappa shape index (κ2) is 9.74. The van der Waals surface area contributed by atoms with Crippen LogP contribution in [0.25, 0.3) is 0 Å². The quantitative estimate of drug-likeness (QED) is 0.319. The van der Waals surface area contributed by atoms with Crippen LogP contribution in [0.3, 0.4) is 0 Å². The first kappa shape index (κ1) is 23.6. The summed E-state index contributed by atoms with van der Waals surface area (Å²) in [5, 5.41) is 0.188. The molecule has 1 aliphatic rings. The minimum atomic E-state index is -0.930. The number of fused-ring (bicyclic) bond motifs is 1. The lowest BCUT2D eigenvalue weighted by molar-refractivity contribution is -0.125. The molecule has 0 aromatic heterocycles. The highest BCUT2D eigenvalue weighted by atomic mass is 35.5. The first-order chi connectivity index (χ1) is 16.8. The minimum absolute atomic E-state index is 0.0368. The molecule has 0 bridgehead atoms. The molecule has 0 radical (unpaired) electrons. The van der Waals surface area contributed by atoms with E-state index < -0.39 is 42.0 Å². The van der Waals surface area contributed by atoms with Crippen molar-refractivity contribution >= 4 is 46.9 Å². The van der Waals surface area contributed by atoms with Gasteiger partial charge in [0.2, 0.25) is 0 Å². The molecule has 0 saturated carbocycles. The van der Waals surface area contributed by atoms with E-state index in [1.165, 1.54) is 42.5 Å². The van der Waals surface area contributed by atoms with Crippen molar-refractivity contribution in [1.29, 1.82) is 0 Å². The molecular weight excluding hydrogens is 481 g/mol. The summed E-state index contributed by atoms with van der Waals surface area (Å²) in [6.45, 7) is -0.729. The summed E-state index contributed by atoms with van der Waals surface area (Å²) in [5.74, 6) is -4.25. The molecule has 3 aromatic rings. The van der Waals surface area contributed by atoms with Gasteiger partial charge in [-0.2, -0.15) is 0 Å². The number of ether oxygens (including phenoxy) is 1. The van der Waals surface area contributed by atoms with Gasteiger partial charge in [0.15, 0.2) is 6.61 Å². The molecule has 0 atom stereocenters. The van der Waals surface area contributed by atoms with E-state index in [-0.39, 0.29) is 33.0 Å². The lowest BCUT2D eigenvalue weighted by atomic mass is 10.1. The standard InChI is InChI=1S/C24H15ClFN3O6/c25-19-4-2-1-3-17(19)21(31)28-27-20(30)12-35-24(34)13-5-10-16-18(11-13)23(33)29(22(16)32)15-8-6-14(26)7-9-15/h1-11H,12H2,(H,27,30)(H,28,31). The number of amides is 4. The zero-order chi connectivity index (χ0) is 25.1. The number of benzene rings is 3. The maximum atomic E-state index is 13.2. The highest BCUT2D eigenvalue weighted by Crippen LogP contribution is 2.29. The molecule has 1 heterocycles. The minimum Gasteiger partial charge on any atom is -0.452 e. The summed E-state index contributed by atoms with van der Waals surface area (Å²) in [6, 6.07) is 14.8. The Morgan fingerprint density at radius 2 is 1.57 bits per heavy atom. The van der Waals surface area contributed by atoms with Gasteiger partial charge in [0.05, 0.1) is 33.0 Å². The SMILES string of the molecule is O=C(COC(=O)c1ccc2c(c1)C(=O)N(c1ccc(F)cc1)C2=O)NNC(=O)c1ccccc1Cl. The second-order valence-corrected chi connectivity index (χ2v) is 7.65. The Morgan fingerprint density at radius 3 is 2.29 bits per heavy atom. The fourth-order valence-electron chi connectivity index (χ4n) is 3.28. The van der Waals surface area contributed by atoms with E-state index in [9.17, 15) is 28.4 Å². The van der Waals surface area contributed by atoms with Gasteiger partial charge in [0.1, 0.15) is 5.82 Å². The number of nitrogens with zero attached hydrogens (tertiary/aromatic N) is 1. The summed E-state index contributed by atoms with van der Waals surface area (Å²) in [6.07, 6.45) is 0. The number of anilines is 1. The topological polar surface area (TPSA) is 122 Å². The molecule has 4 rings (SSSR count). The van der Waals surface area contributed by atoms with Gasteiger partial charge in [-0.05, 0) is 54.6 Å². The van der Waals surface area contributed by atoms with Crippen molar-refractivity contribution in [1.82, 2.24) is 10.9 Å². The number of hydrazine groups is 1. The number of esters is 1. The molecule has 1 aliphatic heterocycles. The Balaban J connectivity index is 1.37. The molecule has 176 valence electrons. The van der Waals surface area contributed by atoms with Crippen molar-refractivity contribution in [3.63, 3.8) is 0 Å². The monoisotopic (exact) mass is 495 g/mol. The molecule has 2 N–H and O–H groups in total. The number of carbonyl (C=O) groups excluding carboxylic acids is 5. The van der Waals surface area contributed by atoms with Gasteiger partial charge < -0.3 is 4.74 Å². The lowest BCUT2D eigenvalue weighted by Crippen LogP contribution is -2.43. The Morgan fingerprint density at radius 1 is 0.886 bits per heavy atom. The molecule has 0 fully saturated rings. The van der Waals surface area contributed by atoms with Crippen molar-refractivity contribution in [2.45, 2.75) is 0 Å². The fourth-order valence-corrected chi connectivity index (χ4v) is 3.50. The van der Waals surface area contributed by atoms with E-state index in [1.807, 2.05) is 0 Å². The Bertz CT molecular complexity index is 1380. The summed E-state index contributed by atoms with van der Waals surface area (Å²) < 4.78 is 18.1. The van der Waals surface area contributed by atoms with Crippen LogP contribution in [-0.4, -0.2) is 36.2 Å². The number of halogens is 2. The van der Waals surface area contributed by atoms with Gasteiger partial charge >= 0.3 is 5.97 Å². The summed E-state index contributed by atoms with van der Waals surface area (Å²) in [5.41, 5.74) is 4.51. The third-order valence-electron chi connectivity index (χ3n) is 4.98. The van der Waals surface area contributed by atoms with E-state index in [4.69, 9.17) is 16.3 Å². The first-order valence-corrected chi connectivity index (χ1v) is 10.4. The molecule has 0 aliphatic carbocycles. The average molecular weight is 496 g/mol. The highest BCUT2D eigenvalue weighted by Gasteiger charge is 2.37. The zero-order valence-corrected chi connectivity index (χ0v) is 18.5. The van der Waals surface area contributed by atoms with E-state index in [2.05, 4.69) is 10.9 Å². The molecule has 4 amide bonds. The van der Waals surface area contributed by atoms with Gasteiger partial charge in [-0.1, -0.05) is 23.7 Å². The third kappa shape index (κ3) is 4.87. The highest BCUT2D eigenvalue weighted by molar-refractivity contribution is 6.35. The fraction of sp³-hybridized carbons (Fsp3) is 0.0417. The van der Waals surface area contributed by atoms with E-state index in [1.54, 1.807) is 12.1 Å². The smallest absolute Gasteiger partial charge is 0.338 e.